The average Bonchev–Trinajstić information content (AvgIpc) is 2.57. The van der Waals surface area contributed by atoms with Gasteiger partial charge in [-0.1, -0.05) is 18.2 Å². The Morgan fingerprint density at radius 1 is 1.21 bits per heavy atom. The van der Waals surface area contributed by atoms with Gasteiger partial charge in [0.25, 0.3) is 11.6 Å². The SMILES string of the molecule is COCCOc1ccccc1C(=O)Nc1ccc(C)cc1[N+](=O)[O-]. The zero-order valence-electron chi connectivity index (χ0n) is 13.4. The molecule has 24 heavy (non-hydrogen) atoms. The molecule has 1 N–H and O–H groups in total. The monoisotopic (exact) mass is 330 g/mol. The molecule has 0 saturated carbocycles. The number of nitrogens with zero attached hydrogens (tertiary/aromatic N) is 1. The van der Waals surface area contributed by atoms with Crippen molar-refractivity contribution in [3.8, 4) is 5.75 Å². The van der Waals surface area contributed by atoms with Crippen molar-refractivity contribution in [3.05, 3.63) is 63.7 Å². The Hall–Kier alpha value is -2.93. The third-order valence-electron chi connectivity index (χ3n) is 3.27. The molecule has 7 heteroatoms. The first-order valence-electron chi connectivity index (χ1n) is 7.30. The van der Waals surface area contributed by atoms with Crippen LogP contribution in [0.4, 0.5) is 11.4 Å². The number of benzene rings is 2. The Balaban J connectivity index is 2.23. The molecule has 2 aromatic rings. The molecule has 0 fully saturated rings. The van der Waals surface area contributed by atoms with Crippen molar-refractivity contribution in [2.75, 3.05) is 25.6 Å². The molecular weight excluding hydrogens is 312 g/mol. The van der Waals surface area contributed by atoms with Crippen LogP contribution < -0.4 is 10.1 Å². The lowest BCUT2D eigenvalue weighted by molar-refractivity contribution is -0.384. The van der Waals surface area contributed by atoms with Crippen molar-refractivity contribution < 1.29 is 19.2 Å². The second kappa shape index (κ2) is 8.07. The van der Waals surface area contributed by atoms with Crippen LogP contribution >= 0.6 is 0 Å². The molecule has 0 heterocycles. The zero-order valence-corrected chi connectivity index (χ0v) is 13.4. The van der Waals surface area contributed by atoms with Crippen LogP contribution in [0.1, 0.15) is 15.9 Å². The second-order valence-electron chi connectivity index (χ2n) is 5.07. The predicted molar refractivity (Wildman–Crippen MR) is 89.6 cm³/mol. The number of hydrogen-bond acceptors (Lipinski definition) is 5. The number of hydrogen-bond donors (Lipinski definition) is 1. The molecule has 0 aliphatic rings. The Morgan fingerprint density at radius 3 is 2.67 bits per heavy atom. The minimum atomic E-state index is -0.524. The molecule has 2 aromatic carbocycles. The van der Waals surface area contributed by atoms with E-state index < -0.39 is 10.8 Å². The zero-order chi connectivity index (χ0) is 17.5. The lowest BCUT2D eigenvalue weighted by Gasteiger charge is -2.11. The summed E-state index contributed by atoms with van der Waals surface area (Å²) in [5.41, 5.74) is 1.02. The fourth-order valence-corrected chi connectivity index (χ4v) is 2.10. The predicted octanol–water partition coefficient (Wildman–Crippen LogP) is 3.18. The van der Waals surface area contributed by atoms with Gasteiger partial charge < -0.3 is 14.8 Å². The van der Waals surface area contributed by atoms with Crippen molar-refractivity contribution >= 4 is 17.3 Å². The fourth-order valence-electron chi connectivity index (χ4n) is 2.10. The third-order valence-corrected chi connectivity index (χ3v) is 3.27. The van der Waals surface area contributed by atoms with Gasteiger partial charge in [-0.25, -0.2) is 0 Å². The molecule has 2 rings (SSSR count). The number of carbonyl (C=O) groups excluding carboxylic acids is 1. The minimum absolute atomic E-state index is 0.141. The molecule has 0 aliphatic heterocycles. The second-order valence-corrected chi connectivity index (χ2v) is 5.07. The molecule has 0 radical (unpaired) electrons. The summed E-state index contributed by atoms with van der Waals surface area (Å²) < 4.78 is 10.4. The highest BCUT2D eigenvalue weighted by atomic mass is 16.6. The Morgan fingerprint density at radius 2 is 1.96 bits per heavy atom. The minimum Gasteiger partial charge on any atom is -0.490 e. The summed E-state index contributed by atoms with van der Waals surface area (Å²) in [5, 5.41) is 13.7. The summed E-state index contributed by atoms with van der Waals surface area (Å²) in [5.74, 6) is -0.0863. The summed E-state index contributed by atoms with van der Waals surface area (Å²) in [4.78, 5) is 23.1. The van der Waals surface area contributed by atoms with Crippen LogP contribution in [0.3, 0.4) is 0 Å². The first-order chi connectivity index (χ1) is 11.5. The van der Waals surface area contributed by atoms with E-state index in [2.05, 4.69) is 5.32 Å². The lowest BCUT2D eigenvalue weighted by Crippen LogP contribution is -2.15. The summed E-state index contributed by atoms with van der Waals surface area (Å²) in [7, 11) is 1.55. The third kappa shape index (κ3) is 4.30. The highest BCUT2D eigenvalue weighted by Crippen LogP contribution is 2.27. The smallest absolute Gasteiger partial charge is 0.293 e. The van der Waals surface area contributed by atoms with E-state index in [-0.39, 0.29) is 11.4 Å². The van der Waals surface area contributed by atoms with Gasteiger partial charge in [0.1, 0.15) is 18.0 Å². The first kappa shape index (κ1) is 17.4. The summed E-state index contributed by atoms with van der Waals surface area (Å²) >= 11 is 0. The topological polar surface area (TPSA) is 90.7 Å². The van der Waals surface area contributed by atoms with Gasteiger partial charge in [0.15, 0.2) is 0 Å². The molecule has 0 atom stereocenters. The molecule has 0 spiro atoms. The molecule has 0 unspecified atom stereocenters. The van der Waals surface area contributed by atoms with E-state index in [1.54, 1.807) is 44.4 Å². The van der Waals surface area contributed by atoms with Gasteiger partial charge in [0, 0.05) is 13.2 Å². The van der Waals surface area contributed by atoms with E-state index in [4.69, 9.17) is 9.47 Å². The molecule has 0 bridgehead atoms. The highest BCUT2D eigenvalue weighted by Gasteiger charge is 2.18. The number of carbonyl (C=O) groups is 1. The van der Waals surface area contributed by atoms with Gasteiger partial charge in [-0.3, -0.25) is 14.9 Å². The number of para-hydroxylation sites is 1. The van der Waals surface area contributed by atoms with Crippen molar-refractivity contribution in [1.82, 2.24) is 0 Å². The Bertz CT molecular complexity index is 746. The van der Waals surface area contributed by atoms with Crippen LogP contribution in [0.25, 0.3) is 0 Å². The Kier molecular flexibility index (Phi) is 5.86. The maximum absolute atomic E-state index is 12.5. The van der Waals surface area contributed by atoms with Crippen LogP contribution in [0.15, 0.2) is 42.5 Å². The van der Waals surface area contributed by atoms with E-state index in [1.165, 1.54) is 12.1 Å². The quantitative estimate of drug-likeness (QED) is 0.478. The van der Waals surface area contributed by atoms with Crippen molar-refractivity contribution in [2.24, 2.45) is 0 Å². The Labute approximate surface area is 139 Å². The number of nitro benzene ring substituents is 1. The largest absolute Gasteiger partial charge is 0.490 e. The molecule has 0 saturated heterocycles. The lowest BCUT2D eigenvalue weighted by atomic mass is 10.1. The van der Waals surface area contributed by atoms with E-state index in [9.17, 15) is 14.9 Å². The molecule has 126 valence electrons. The first-order valence-corrected chi connectivity index (χ1v) is 7.30. The molecule has 7 nitrogen and oxygen atoms in total. The standard InChI is InChI=1S/C17H18N2O5/c1-12-7-8-14(15(11-12)19(21)22)18-17(20)13-5-3-4-6-16(13)24-10-9-23-2/h3-8,11H,9-10H2,1-2H3,(H,18,20). The number of methoxy groups -OCH3 is 1. The molecular formula is C17H18N2O5. The molecule has 0 aromatic heterocycles. The number of rotatable bonds is 7. The average molecular weight is 330 g/mol. The number of anilines is 1. The number of nitrogens with one attached hydrogen (secondary N) is 1. The van der Waals surface area contributed by atoms with Crippen LogP contribution in [-0.2, 0) is 4.74 Å². The van der Waals surface area contributed by atoms with E-state index in [0.717, 1.165) is 5.56 Å². The summed E-state index contributed by atoms with van der Waals surface area (Å²) in [6.45, 7) is 2.43. The summed E-state index contributed by atoms with van der Waals surface area (Å²) in [6, 6.07) is 11.3. The molecule has 0 aliphatic carbocycles. The number of nitro groups is 1. The van der Waals surface area contributed by atoms with Crippen molar-refractivity contribution in [3.63, 3.8) is 0 Å². The van der Waals surface area contributed by atoms with Gasteiger partial charge in [-0.15, -0.1) is 0 Å². The van der Waals surface area contributed by atoms with Crippen LogP contribution in [-0.4, -0.2) is 31.2 Å². The van der Waals surface area contributed by atoms with Crippen molar-refractivity contribution in [1.29, 1.82) is 0 Å². The highest BCUT2D eigenvalue weighted by molar-refractivity contribution is 6.07. The number of aryl methyl sites for hydroxylation is 1. The van der Waals surface area contributed by atoms with E-state index in [0.29, 0.717) is 24.5 Å². The van der Waals surface area contributed by atoms with Crippen LogP contribution in [0, 0.1) is 17.0 Å². The van der Waals surface area contributed by atoms with E-state index >= 15 is 0 Å². The van der Waals surface area contributed by atoms with Gasteiger partial charge in [0.05, 0.1) is 17.1 Å². The summed E-state index contributed by atoms with van der Waals surface area (Å²) in [6.07, 6.45) is 0. The normalized spacial score (nSPS) is 10.2. The maximum Gasteiger partial charge on any atom is 0.293 e. The van der Waals surface area contributed by atoms with E-state index in [1.807, 2.05) is 0 Å². The maximum atomic E-state index is 12.5. The van der Waals surface area contributed by atoms with Crippen LogP contribution in [0.5, 0.6) is 5.75 Å². The van der Waals surface area contributed by atoms with Gasteiger partial charge in [-0.2, -0.15) is 0 Å². The van der Waals surface area contributed by atoms with Gasteiger partial charge in [-0.05, 0) is 30.7 Å². The number of amides is 1. The number of ether oxygens (including phenoxy) is 2. The van der Waals surface area contributed by atoms with Crippen molar-refractivity contribution in [2.45, 2.75) is 6.92 Å². The molecule has 1 amide bonds. The van der Waals surface area contributed by atoms with Crippen LogP contribution in [0.2, 0.25) is 0 Å². The fraction of sp³-hybridized carbons (Fsp3) is 0.235. The van der Waals surface area contributed by atoms with Gasteiger partial charge in [0.2, 0.25) is 0 Å². The van der Waals surface area contributed by atoms with Gasteiger partial charge >= 0.3 is 0 Å².